The molecule has 0 saturated heterocycles. The predicted molar refractivity (Wildman–Crippen MR) is 69.7 cm³/mol. The molecule has 0 amide bonds. The van der Waals surface area contributed by atoms with E-state index in [-0.39, 0.29) is 6.04 Å². The smallest absolute Gasteiger partial charge is 0.211 e. The first-order valence-corrected chi connectivity index (χ1v) is 5.72. The van der Waals surface area contributed by atoms with Gasteiger partial charge >= 0.3 is 0 Å². The highest BCUT2D eigenvalue weighted by Gasteiger charge is 2.18. The number of ether oxygens (including phenoxy) is 2. The molecule has 7 heteroatoms. The molecule has 102 valence electrons. The van der Waals surface area contributed by atoms with Crippen LogP contribution in [0.15, 0.2) is 24.5 Å². The van der Waals surface area contributed by atoms with Crippen molar-refractivity contribution in [2.24, 2.45) is 12.9 Å². The van der Waals surface area contributed by atoms with E-state index in [2.05, 4.69) is 15.5 Å². The van der Waals surface area contributed by atoms with Gasteiger partial charge in [0.1, 0.15) is 5.75 Å². The molecule has 7 nitrogen and oxygen atoms in total. The van der Waals surface area contributed by atoms with E-state index in [1.165, 1.54) is 0 Å². The van der Waals surface area contributed by atoms with Gasteiger partial charge in [0.25, 0.3) is 0 Å². The zero-order chi connectivity index (χ0) is 13.8. The Morgan fingerprint density at radius 2 is 2.05 bits per heavy atom. The molecule has 0 bridgehead atoms. The van der Waals surface area contributed by atoms with Crippen molar-refractivity contribution in [3.63, 3.8) is 0 Å². The molecule has 0 aliphatic heterocycles. The summed E-state index contributed by atoms with van der Waals surface area (Å²) in [5, 5.41) is 4.37. The maximum atomic E-state index is 5.62. The van der Waals surface area contributed by atoms with Gasteiger partial charge in [-0.25, -0.2) is 10.1 Å². The molecule has 1 atom stereocenters. The van der Waals surface area contributed by atoms with Crippen LogP contribution >= 0.6 is 0 Å². The Hall–Kier alpha value is -2.12. The van der Waals surface area contributed by atoms with Crippen LogP contribution in [-0.2, 0) is 7.05 Å². The van der Waals surface area contributed by atoms with Gasteiger partial charge in [-0.1, -0.05) is 0 Å². The van der Waals surface area contributed by atoms with Gasteiger partial charge in [0, 0.05) is 19.3 Å². The van der Waals surface area contributed by atoms with Crippen LogP contribution in [0, 0.1) is 0 Å². The fourth-order valence-corrected chi connectivity index (χ4v) is 1.86. The van der Waals surface area contributed by atoms with E-state index in [1.807, 2.05) is 12.1 Å². The summed E-state index contributed by atoms with van der Waals surface area (Å²) in [5.74, 6) is 6.95. The van der Waals surface area contributed by atoms with E-state index < -0.39 is 0 Å². The molecule has 0 saturated carbocycles. The van der Waals surface area contributed by atoms with Crippen molar-refractivity contribution >= 4 is 0 Å². The Bertz CT molecular complexity index is 555. The second kappa shape index (κ2) is 5.68. The van der Waals surface area contributed by atoms with Crippen LogP contribution in [0.5, 0.6) is 11.6 Å². The summed E-state index contributed by atoms with van der Waals surface area (Å²) in [6, 6.07) is 3.40. The third-order valence-corrected chi connectivity index (χ3v) is 2.83. The second-order valence-corrected chi connectivity index (χ2v) is 3.99. The van der Waals surface area contributed by atoms with Crippen molar-refractivity contribution in [3.05, 3.63) is 35.8 Å². The van der Waals surface area contributed by atoms with Crippen LogP contribution in [-0.4, -0.2) is 29.0 Å². The maximum absolute atomic E-state index is 5.62. The number of aromatic nitrogens is 3. The molecule has 0 aliphatic rings. The fraction of sp³-hybridized carbons (Fsp3) is 0.333. The standard InChI is InChI=1S/C12H17N5O2/c1-17-11(19-3)5-10(16-17)12(15-13)8-4-9(18-2)7-14-6-8/h4-7,12,15H,13H2,1-3H3. The summed E-state index contributed by atoms with van der Waals surface area (Å²) in [6.07, 6.45) is 3.35. The quantitative estimate of drug-likeness (QED) is 0.599. The Labute approximate surface area is 111 Å². The topological polar surface area (TPSA) is 87.2 Å². The van der Waals surface area contributed by atoms with E-state index >= 15 is 0 Å². The summed E-state index contributed by atoms with van der Waals surface area (Å²) in [4.78, 5) is 4.11. The monoisotopic (exact) mass is 263 g/mol. The molecule has 3 N–H and O–H groups in total. The van der Waals surface area contributed by atoms with Crippen LogP contribution in [0.3, 0.4) is 0 Å². The van der Waals surface area contributed by atoms with Gasteiger partial charge in [0.05, 0.1) is 32.2 Å². The molecule has 0 spiro atoms. The molecule has 2 heterocycles. The molecule has 1 unspecified atom stereocenters. The minimum Gasteiger partial charge on any atom is -0.495 e. The lowest BCUT2D eigenvalue weighted by Gasteiger charge is -2.14. The van der Waals surface area contributed by atoms with Crippen LogP contribution in [0.1, 0.15) is 17.3 Å². The molecule has 19 heavy (non-hydrogen) atoms. The molecule has 0 aliphatic carbocycles. The summed E-state index contributed by atoms with van der Waals surface area (Å²) >= 11 is 0. The first kappa shape index (κ1) is 13.3. The Morgan fingerprint density at radius 1 is 1.26 bits per heavy atom. The Balaban J connectivity index is 2.37. The average molecular weight is 263 g/mol. The highest BCUT2D eigenvalue weighted by atomic mass is 16.5. The molecular formula is C12H17N5O2. The van der Waals surface area contributed by atoms with Crippen LogP contribution in [0.4, 0.5) is 0 Å². The highest BCUT2D eigenvalue weighted by molar-refractivity contribution is 5.32. The molecule has 0 fully saturated rings. The van der Waals surface area contributed by atoms with E-state index in [1.54, 1.807) is 38.3 Å². The lowest BCUT2D eigenvalue weighted by molar-refractivity contribution is 0.373. The first-order chi connectivity index (χ1) is 9.19. The first-order valence-electron chi connectivity index (χ1n) is 5.72. The predicted octanol–water partition coefficient (Wildman–Crippen LogP) is 0.385. The van der Waals surface area contributed by atoms with Gasteiger partial charge < -0.3 is 9.47 Å². The summed E-state index contributed by atoms with van der Waals surface area (Å²) < 4.78 is 12.0. The Morgan fingerprint density at radius 3 is 2.63 bits per heavy atom. The number of nitrogens with one attached hydrogen (secondary N) is 1. The number of nitrogens with zero attached hydrogens (tertiary/aromatic N) is 3. The van der Waals surface area contributed by atoms with Gasteiger partial charge in [0.15, 0.2) is 0 Å². The lowest BCUT2D eigenvalue weighted by Crippen LogP contribution is -2.29. The van der Waals surface area contributed by atoms with Crippen molar-refractivity contribution in [3.8, 4) is 11.6 Å². The molecule has 2 aromatic rings. The molecule has 2 rings (SSSR count). The zero-order valence-corrected chi connectivity index (χ0v) is 11.1. The second-order valence-electron chi connectivity index (χ2n) is 3.99. The number of hydrogen-bond acceptors (Lipinski definition) is 6. The number of nitrogens with two attached hydrogens (primary N) is 1. The van der Waals surface area contributed by atoms with Gasteiger partial charge in [-0.2, -0.15) is 5.10 Å². The normalized spacial score (nSPS) is 12.2. The summed E-state index contributed by atoms with van der Waals surface area (Å²) in [6.45, 7) is 0. The van der Waals surface area contributed by atoms with Gasteiger partial charge in [0.2, 0.25) is 5.88 Å². The van der Waals surface area contributed by atoms with Crippen molar-refractivity contribution in [1.82, 2.24) is 20.2 Å². The summed E-state index contributed by atoms with van der Waals surface area (Å²) in [7, 11) is 4.99. The average Bonchev–Trinajstić information content (AvgIpc) is 2.81. The van der Waals surface area contributed by atoms with Gasteiger partial charge in [-0.15, -0.1) is 0 Å². The fourth-order valence-electron chi connectivity index (χ4n) is 1.86. The number of rotatable bonds is 5. The van der Waals surface area contributed by atoms with Crippen molar-refractivity contribution in [1.29, 1.82) is 0 Å². The van der Waals surface area contributed by atoms with Crippen LogP contribution in [0.25, 0.3) is 0 Å². The third kappa shape index (κ3) is 2.67. The van der Waals surface area contributed by atoms with Crippen molar-refractivity contribution in [2.45, 2.75) is 6.04 Å². The minimum absolute atomic E-state index is 0.280. The van der Waals surface area contributed by atoms with E-state index in [0.29, 0.717) is 11.6 Å². The lowest BCUT2D eigenvalue weighted by atomic mass is 10.1. The minimum atomic E-state index is -0.280. The maximum Gasteiger partial charge on any atom is 0.211 e. The largest absolute Gasteiger partial charge is 0.495 e. The highest BCUT2D eigenvalue weighted by Crippen LogP contribution is 2.25. The van der Waals surface area contributed by atoms with E-state index in [4.69, 9.17) is 15.3 Å². The van der Waals surface area contributed by atoms with E-state index in [9.17, 15) is 0 Å². The van der Waals surface area contributed by atoms with Gasteiger partial charge in [-0.3, -0.25) is 10.8 Å². The molecular weight excluding hydrogens is 246 g/mol. The van der Waals surface area contributed by atoms with Gasteiger partial charge in [-0.05, 0) is 11.6 Å². The summed E-state index contributed by atoms with van der Waals surface area (Å²) in [5.41, 5.74) is 4.33. The van der Waals surface area contributed by atoms with Crippen LogP contribution < -0.4 is 20.7 Å². The molecule has 2 aromatic heterocycles. The zero-order valence-electron chi connectivity index (χ0n) is 11.1. The van der Waals surface area contributed by atoms with Crippen LogP contribution in [0.2, 0.25) is 0 Å². The SMILES string of the molecule is COc1cncc(C(NN)c2cc(OC)n(C)n2)c1. The number of methoxy groups -OCH3 is 2. The number of hydrazine groups is 1. The Kier molecular flexibility index (Phi) is 3.98. The van der Waals surface area contributed by atoms with Crippen molar-refractivity contribution < 1.29 is 9.47 Å². The van der Waals surface area contributed by atoms with Crippen molar-refractivity contribution in [2.75, 3.05) is 14.2 Å². The number of hydrogen-bond donors (Lipinski definition) is 2. The molecule has 0 aromatic carbocycles. The van der Waals surface area contributed by atoms with E-state index in [0.717, 1.165) is 11.3 Å². The molecule has 0 radical (unpaired) electrons. The third-order valence-electron chi connectivity index (χ3n) is 2.83. The number of pyridine rings is 1. The number of aryl methyl sites for hydroxylation is 1.